The summed E-state index contributed by atoms with van der Waals surface area (Å²) in [7, 11) is 0. The fourth-order valence-corrected chi connectivity index (χ4v) is 7.94. The maximum absolute atomic E-state index is 7.07. The molecule has 4 heteroatoms. The van der Waals surface area contributed by atoms with Crippen molar-refractivity contribution in [2.45, 2.75) is 0 Å². The van der Waals surface area contributed by atoms with Crippen LogP contribution in [0.25, 0.3) is 111 Å². The molecule has 0 N–H and O–H groups in total. The summed E-state index contributed by atoms with van der Waals surface area (Å²) >= 11 is 0. The molecule has 0 saturated heterocycles. The summed E-state index contributed by atoms with van der Waals surface area (Å²) in [5, 5.41) is 9.03. The van der Waals surface area contributed by atoms with Gasteiger partial charge in [-0.05, 0) is 79.3 Å². The first kappa shape index (κ1) is 31.1. The first-order valence-corrected chi connectivity index (χ1v) is 18.5. The number of furan rings is 1. The second-order valence-corrected chi connectivity index (χ2v) is 14.0. The Morgan fingerprint density at radius 2 is 0.836 bits per heavy atom. The molecule has 0 amide bonds. The van der Waals surface area contributed by atoms with E-state index in [1.165, 1.54) is 27.3 Å². The zero-order valence-corrected chi connectivity index (χ0v) is 29.6. The monoisotopic (exact) mass is 701 g/mol. The van der Waals surface area contributed by atoms with Gasteiger partial charge in [-0.25, -0.2) is 15.0 Å². The lowest BCUT2D eigenvalue weighted by molar-refractivity contribution is 0.671. The second-order valence-electron chi connectivity index (χ2n) is 14.0. The van der Waals surface area contributed by atoms with Crippen molar-refractivity contribution in [3.63, 3.8) is 0 Å². The summed E-state index contributed by atoms with van der Waals surface area (Å²) in [5.74, 6) is 1.79. The quantitative estimate of drug-likeness (QED) is 0.179. The van der Waals surface area contributed by atoms with E-state index in [0.717, 1.165) is 65.9 Å². The van der Waals surface area contributed by atoms with E-state index in [4.69, 9.17) is 19.4 Å². The number of hydrogen-bond donors (Lipinski definition) is 0. The average Bonchev–Trinajstić information content (AvgIpc) is 3.63. The van der Waals surface area contributed by atoms with Gasteiger partial charge >= 0.3 is 0 Å². The third kappa shape index (κ3) is 5.34. The molecule has 0 atom stereocenters. The molecular weight excluding hydrogens is 671 g/mol. The molecule has 11 rings (SSSR count). The lowest BCUT2D eigenvalue weighted by atomic mass is 9.93. The Labute approximate surface area is 317 Å². The van der Waals surface area contributed by atoms with Crippen LogP contribution in [0.15, 0.2) is 192 Å². The van der Waals surface area contributed by atoms with Gasteiger partial charge in [-0.15, -0.1) is 0 Å². The predicted octanol–water partition coefficient (Wildman–Crippen LogP) is 13.6. The van der Waals surface area contributed by atoms with E-state index in [0.29, 0.717) is 17.5 Å². The topological polar surface area (TPSA) is 51.8 Å². The summed E-state index contributed by atoms with van der Waals surface area (Å²) in [5.41, 5.74) is 8.84. The molecular formula is C51H31N3O. The van der Waals surface area contributed by atoms with Gasteiger partial charge in [0.2, 0.25) is 0 Å². The smallest absolute Gasteiger partial charge is 0.167 e. The summed E-state index contributed by atoms with van der Waals surface area (Å²) in [4.78, 5) is 15.3. The van der Waals surface area contributed by atoms with Gasteiger partial charge in [-0.1, -0.05) is 158 Å². The third-order valence-electron chi connectivity index (χ3n) is 10.7. The Morgan fingerprint density at radius 1 is 0.291 bits per heavy atom. The van der Waals surface area contributed by atoms with Crippen LogP contribution in [0.3, 0.4) is 0 Å². The number of para-hydroxylation sites is 1. The zero-order valence-electron chi connectivity index (χ0n) is 29.6. The molecule has 256 valence electrons. The van der Waals surface area contributed by atoms with E-state index in [-0.39, 0.29) is 0 Å². The number of fused-ring (bicyclic) bond motifs is 6. The highest BCUT2D eigenvalue weighted by Crippen LogP contribution is 2.44. The van der Waals surface area contributed by atoms with Crippen molar-refractivity contribution in [3.05, 3.63) is 188 Å². The first-order valence-electron chi connectivity index (χ1n) is 18.5. The lowest BCUT2D eigenvalue weighted by Crippen LogP contribution is -2.00. The summed E-state index contributed by atoms with van der Waals surface area (Å²) in [6, 6.07) is 65.8. The average molecular weight is 702 g/mol. The molecule has 0 fully saturated rings. The minimum Gasteiger partial charge on any atom is -0.455 e. The van der Waals surface area contributed by atoms with E-state index in [1.54, 1.807) is 0 Å². The number of nitrogens with zero attached hydrogens (tertiary/aromatic N) is 3. The van der Waals surface area contributed by atoms with E-state index >= 15 is 0 Å². The van der Waals surface area contributed by atoms with Crippen LogP contribution in [-0.2, 0) is 0 Å². The molecule has 0 saturated carbocycles. The van der Waals surface area contributed by atoms with Gasteiger partial charge in [-0.2, -0.15) is 0 Å². The van der Waals surface area contributed by atoms with E-state index < -0.39 is 0 Å². The van der Waals surface area contributed by atoms with Gasteiger partial charge in [-0.3, -0.25) is 0 Å². The van der Waals surface area contributed by atoms with Crippen molar-refractivity contribution in [2.24, 2.45) is 0 Å². The van der Waals surface area contributed by atoms with Crippen molar-refractivity contribution in [1.29, 1.82) is 0 Å². The van der Waals surface area contributed by atoms with Crippen LogP contribution in [0.5, 0.6) is 0 Å². The Kier molecular flexibility index (Phi) is 7.14. The van der Waals surface area contributed by atoms with Crippen LogP contribution >= 0.6 is 0 Å². The van der Waals surface area contributed by atoms with Gasteiger partial charge < -0.3 is 4.42 Å². The molecule has 2 aromatic heterocycles. The second kappa shape index (κ2) is 12.6. The van der Waals surface area contributed by atoms with E-state index in [9.17, 15) is 0 Å². The van der Waals surface area contributed by atoms with Crippen LogP contribution in [0.4, 0.5) is 0 Å². The molecule has 0 radical (unpaired) electrons. The molecule has 0 aliphatic heterocycles. The lowest BCUT2D eigenvalue weighted by Gasteiger charge is -2.11. The highest BCUT2D eigenvalue weighted by Gasteiger charge is 2.21. The highest BCUT2D eigenvalue weighted by atomic mass is 16.3. The molecule has 0 aliphatic rings. The van der Waals surface area contributed by atoms with Crippen molar-refractivity contribution in [3.8, 4) is 56.4 Å². The van der Waals surface area contributed by atoms with E-state index in [1.807, 2.05) is 30.3 Å². The van der Waals surface area contributed by atoms with Crippen LogP contribution < -0.4 is 0 Å². The number of aromatic nitrogens is 3. The normalized spacial score (nSPS) is 11.6. The molecule has 4 nitrogen and oxygen atoms in total. The molecule has 9 aromatic carbocycles. The van der Waals surface area contributed by atoms with Gasteiger partial charge in [0.25, 0.3) is 0 Å². The van der Waals surface area contributed by atoms with Crippen LogP contribution in [0, 0.1) is 0 Å². The Hall–Kier alpha value is -7.43. The van der Waals surface area contributed by atoms with Gasteiger partial charge in [0.15, 0.2) is 17.5 Å². The summed E-state index contributed by atoms with van der Waals surface area (Å²) in [6.45, 7) is 0. The minimum absolute atomic E-state index is 0.563. The number of benzene rings is 9. The van der Waals surface area contributed by atoms with Crippen molar-refractivity contribution < 1.29 is 4.42 Å². The standard InChI is InChI=1S/C51H31N3O/c1-3-12-32(13-4-1)36-23-24-38-29-40(26-25-37(38)28-36)46-42-19-10-9-18-39(42)31-45-43-20-11-21-44(47(43)55-48(45)46)51-53-49(34-15-5-2-6-16-34)52-50(54-51)41-27-22-33-14-7-8-17-35(33)30-41/h1-31H. The van der Waals surface area contributed by atoms with Crippen molar-refractivity contribution in [2.75, 3.05) is 0 Å². The highest BCUT2D eigenvalue weighted by molar-refractivity contribution is 6.20. The fourth-order valence-electron chi connectivity index (χ4n) is 7.94. The molecule has 0 bridgehead atoms. The summed E-state index contributed by atoms with van der Waals surface area (Å²) < 4.78 is 7.07. The maximum Gasteiger partial charge on any atom is 0.167 e. The van der Waals surface area contributed by atoms with E-state index in [2.05, 4.69) is 158 Å². The van der Waals surface area contributed by atoms with Crippen LogP contribution in [0.2, 0.25) is 0 Å². The molecule has 0 spiro atoms. The van der Waals surface area contributed by atoms with Gasteiger partial charge in [0.05, 0.1) is 5.56 Å². The number of rotatable bonds is 5. The Morgan fingerprint density at radius 3 is 1.64 bits per heavy atom. The van der Waals surface area contributed by atoms with Crippen LogP contribution in [0.1, 0.15) is 0 Å². The predicted molar refractivity (Wildman–Crippen MR) is 227 cm³/mol. The molecule has 11 aromatic rings. The molecule has 55 heavy (non-hydrogen) atoms. The SMILES string of the molecule is c1ccc(-c2ccc3cc(-c4c5ccccc5cc5c4oc4c(-c6nc(-c7ccccc7)nc(-c7ccc8ccccc8c7)n6)cccc45)ccc3c2)cc1. The first-order chi connectivity index (χ1) is 27.2. The molecule has 2 heterocycles. The number of hydrogen-bond acceptors (Lipinski definition) is 4. The zero-order chi connectivity index (χ0) is 36.3. The minimum atomic E-state index is 0.563. The largest absolute Gasteiger partial charge is 0.455 e. The van der Waals surface area contributed by atoms with Gasteiger partial charge in [0.1, 0.15) is 11.2 Å². The van der Waals surface area contributed by atoms with Crippen LogP contribution in [-0.4, -0.2) is 15.0 Å². The Bertz CT molecular complexity index is 3260. The third-order valence-corrected chi connectivity index (χ3v) is 10.7. The molecule has 0 aliphatic carbocycles. The maximum atomic E-state index is 7.07. The fraction of sp³-hybridized carbons (Fsp3) is 0. The summed E-state index contributed by atoms with van der Waals surface area (Å²) in [6.07, 6.45) is 0. The Balaban J connectivity index is 1.12. The van der Waals surface area contributed by atoms with Crippen molar-refractivity contribution >= 4 is 54.3 Å². The van der Waals surface area contributed by atoms with Crippen molar-refractivity contribution in [1.82, 2.24) is 15.0 Å². The van der Waals surface area contributed by atoms with Gasteiger partial charge in [0, 0.05) is 27.5 Å². The molecule has 0 unspecified atom stereocenters.